The largest absolute Gasteiger partial charge is 0.494 e. The van der Waals surface area contributed by atoms with Crippen LogP contribution in [0.25, 0.3) is 11.1 Å². The van der Waals surface area contributed by atoms with E-state index in [1.165, 1.54) is 0 Å². The summed E-state index contributed by atoms with van der Waals surface area (Å²) in [6, 6.07) is 24.6. The number of carbonyl (C=O) groups excluding carboxylic acids is 1. The Morgan fingerprint density at radius 2 is 1.76 bits per heavy atom. The van der Waals surface area contributed by atoms with Crippen LogP contribution in [0.5, 0.6) is 5.75 Å². The molecule has 232 valence electrons. The minimum Gasteiger partial charge on any atom is -0.494 e. The number of benzene rings is 2. The number of aliphatic hydroxyl groups excluding tert-OH is 1. The number of rotatable bonds is 11. The van der Waals surface area contributed by atoms with Crippen LogP contribution in [-0.4, -0.2) is 46.0 Å². The van der Waals surface area contributed by atoms with Crippen molar-refractivity contribution >= 4 is 17.5 Å². The number of nitrogens with one attached hydrogen (secondary N) is 2. The lowest BCUT2D eigenvalue weighted by molar-refractivity contribution is 0.233. The quantitative estimate of drug-likeness (QED) is 0.200. The highest BCUT2D eigenvalue weighted by atomic mass is 16.5. The van der Waals surface area contributed by atoms with E-state index in [4.69, 9.17) is 15.1 Å². The standard InChI is InChI=1S/C35H38N6O4/c1-40-24-28(8-18-34(40)43)27-6-11-30(12-7-27)41(35(44)38-22-25-3-15-32(16-4-25)45-20-2-19-42)31-13-9-29(10-14-31)39-33-17-5-26(21-36)23-37-33/h3-8,11-12,15-18,23-24,29,31,42H,2,9-10,13-14,19-20,22H2,1H3,(H,37,39)(H,38,44). The molecule has 2 aromatic heterocycles. The smallest absolute Gasteiger partial charge is 0.322 e. The Balaban J connectivity index is 1.28. The highest BCUT2D eigenvalue weighted by molar-refractivity contribution is 5.93. The van der Waals surface area contributed by atoms with Gasteiger partial charge in [0.2, 0.25) is 5.56 Å². The van der Waals surface area contributed by atoms with Gasteiger partial charge in [0.25, 0.3) is 0 Å². The second kappa shape index (κ2) is 15.0. The van der Waals surface area contributed by atoms with Crippen LogP contribution in [0.1, 0.15) is 43.2 Å². The number of nitrogens with zero attached hydrogens (tertiary/aromatic N) is 4. The van der Waals surface area contributed by atoms with Crippen LogP contribution in [0.3, 0.4) is 0 Å². The number of nitriles is 1. The first-order valence-corrected chi connectivity index (χ1v) is 15.2. The van der Waals surface area contributed by atoms with E-state index in [0.29, 0.717) is 25.1 Å². The molecule has 2 aromatic carbocycles. The summed E-state index contributed by atoms with van der Waals surface area (Å²) in [7, 11) is 1.73. The van der Waals surface area contributed by atoms with Crippen LogP contribution >= 0.6 is 0 Å². The molecule has 1 aliphatic rings. The summed E-state index contributed by atoms with van der Waals surface area (Å²) in [4.78, 5) is 31.9. The summed E-state index contributed by atoms with van der Waals surface area (Å²) in [5.41, 5.74) is 4.09. The summed E-state index contributed by atoms with van der Waals surface area (Å²) in [5.74, 6) is 1.46. The number of aliphatic hydroxyl groups is 1. The zero-order chi connectivity index (χ0) is 31.6. The molecule has 0 saturated heterocycles. The fraction of sp³-hybridized carbons (Fsp3) is 0.314. The number of aryl methyl sites for hydroxylation is 1. The van der Waals surface area contributed by atoms with Gasteiger partial charge in [0.05, 0.1) is 12.2 Å². The molecule has 1 saturated carbocycles. The lowest BCUT2D eigenvalue weighted by Crippen LogP contribution is -2.48. The molecule has 10 nitrogen and oxygen atoms in total. The van der Waals surface area contributed by atoms with Gasteiger partial charge in [0.1, 0.15) is 17.6 Å². The first-order chi connectivity index (χ1) is 21.9. The SMILES string of the molecule is Cn1cc(-c2ccc(N(C(=O)NCc3ccc(OCCCO)cc3)C3CCC(Nc4ccc(C#N)cn4)CC3)cc2)ccc1=O. The Hall–Kier alpha value is -5.14. The average molecular weight is 607 g/mol. The van der Waals surface area contributed by atoms with Crippen LogP contribution in [-0.2, 0) is 13.6 Å². The van der Waals surface area contributed by atoms with Gasteiger partial charge in [0, 0.05) is 62.9 Å². The summed E-state index contributed by atoms with van der Waals surface area (Å²) in [6.07, 6.45) is 7.30. The molecule has 0 radical (unpaired) electrons. The van der Waals surface area contributed by atoms with Crippen LogP contribution in [0.15, 0.2) is 90.0 Å². The van der Waals surface area contributed by atoms with Crippen molar-refractivity contribution in [3.63, 3.8) is 0 Å². The fourth-order valence-electron chi connectivity index (χ4n) is 5.53. The third kappa shape index (κ3) is 8.28. The number of aromatic nitrogens is 2. The van der Waals surface area contributed by atoms with Crippen molar-refractivity contribution in [2.75, 3.05) is 23.4 Å². The summed E-state index contributed by atoms with van der Waals surface area (Å²) in [6.45, 7) is 0.900. The van der Waals surface area contributed by atoms with Crippen molar-refractivity contribution in [3.8, 4) is 22.9 Å². The maximum absolute atomic E-state index is 13.8. The highest BCUT2D eigenvalue weighted by Gasteiger charge is 2.30. The zero-order valence-corrected chi connectivity index (χ0v) is 25.4. The minimum atomic E-state index is -0.168. The molecule has 0 bridgehead atoms. The maximum Gasteiger partial charge on any atom is 0.322 e. The van der Waals surface area contributed by atoms with E-state index in [9.17, 15) is 9.59 Å². The monoisotopic (exact) mass is 606 g/mol. The predicted octanol–water partition coefficient (Wildman–Crippen LogP) is 5.22. The van der Waals surface area contributed by atoms with Crippen molar-refractivity contribution < 1.29 is 14.6 Å². The minimum absolute atomic E-state index is 0.00247. The number of anilines is 2. The molecule has 1 aliphatic carbocycles. The maximum atomic E-state index is 13.8. The normalized spacial score (nSPS) is 15.9. The van der Waals surface area contributed by atoms with Gasteiger partial charge < -0.3 is 25.0 Å². The van der Waals surface area contributed by atoms with Gasteiger partial charge in [-0.2, -0.15) is 5.26 Å². The van der Waals surface area contributed by atoms with Gasteiger partial charge in [-0.1, -0.05) is 24.3 Å². The Morgan fingerprint density at radius 1 is 1.02 bits per heavy atom. The molecular weight excluding hydrogens is 568 g/mol. The van der Waals surface area contributed by atoms with Crippen molar-refractivity contribution in [2.45, 2.75) is 50.7 Å². The van der Waals surface area contributed by atoms with E-state index >= 15 is 0 Å². The van der Waals surface area contributed by atoms with E-state index in [1.807, 2.05) is 71.8 Å². The second-order valence-electron chi connectivity index (χ2n) is 11.2. The molecule has 4 aromatic rings. The third-order valence-corrected chi connectivity index (χ3v) is 8.03. The summed E-state index contributed by atoms with van der Waals surface area (Å²) < 4.78 is 7.17. The lowest BCUT2D eigenvalue weighted by atomic mass is 9.89. The molecule has 0 aliphatic heterocycles. The number of amides is 2. The molecule has 45 heavy (non-hydrogen) atoms. The van der Waals surface area contributed by atoms with Gasteiger partial charge >= 0.3 is 6.03 Å². The number of ether oxygens (including phenoxy) is 1. The van der Waals surface area contributed by atoms with Crippen molar-refractivity contribution in [1.29, 1.82) is 5.26 Å². The van der Waals surface area contributed by atoms with Crippen LogP contribution < -0.4 is 25.8 Å². The molecule has 0 spiro atoms. The third-order valence-electron chi connectivity index (χ3n) is 8.03. The molecular formula is C35H38N6O4. The molecule has 0 atom stereocenters. The Kier molecular flexibility index (Phi) is 10.5. The van der Waals surface area contributed by atoms with Crippen molar-refractivity contribution in [2.24, 2.45) is 7.05 Å². The highest BCUT2D eigenvalue weighted by Crippen LogP contribution is 2.31. The lowest BCUT2D eigenvalue weighted by Gasteiger charge is -2.37. The van der Waals surface area contributed by atoms with Gasteiger partial charge in [-0.3, -0.25) is 9.69 Å². The molecule has 0 unspecified atom stereocenters. The van der Waals surface area contributed by atoms with Crippen LogP contribution in [0, 0.1) is 11.3 Å². The molecule has 1 fully saturated rings. The van der Waals surface area contributed by atoms with E-state index in [0.717, 1.165) is 59.6 Å². The molecule has 5 rings (SSSR count). The number of carbonyl (C=O) groups is 1. The van der Waals surface area contributed by atoms with Crippen LogP contribution in [0.4, 0.5) is 16.3 Å². The van der Waals surface area contributed by atoms with Gasteiger partial charge in [-0.05, 0) is 84.8 Å². The number of pyridine rings is 2. The Morgan fingerprint density at radius 3 is 2.40 bits per heavy atom. The summed E-state index contributed by atoms with van der Waals surface area (Å²) >= 11 is 0. The number of hydrogen-bond donors (Lipinski definition) is 3. The van der Waals surface area contributed by atoms with Gasteiger partial charge in [0.15, 0.2) is 0 Å². The summed E-state index contributed by atoms with van der Waals surface area (Å²) in [5, 5.41) is 24.6. The Bertz CT molecular complexity index is 1660. The average Bonchev–Trinajstić information content (AvgIpc) is 3.07. The Labute approximate surface area is 262 Å². The van der Waals surface area contributed by atoms with E-state index in [2.05, 4.69) is 21.7 Å². The molecule has 2 amide bonds. The van der Waals surface area contributed by atoms with E-state index < -0.39 is 0 Å². The molecule has 3 N–H and O–H groups in total. The number of urea groups is 1. The first-order valence-electron chi connectivity index (χ1n) is 15.2. The number of hydrogen-bond acceptors (Lipinski definition) is 7. The zero-order valence-electron chi connectivity index (χ0n) is 25.4. The van der Waals surface area contributed by atoms with E-state index in [1.54, 1.807) is 29.9 Å². The fourth-order valence-corrected chi connectivity index (χ4v) is 5.53. The molecule has 10 heteroatoms. The van der Waals surface area contributed by atoms with Crippen LogP contribution in [0.2, 0.25) is 0 Å². The molecule has 2 heterocycles. The predicted molar refractivity (Wildman–Crippen MR) is 174 cm³/mol. The second-order valence-corrected chi connectivity index (χ2v) is 11.2. The van der Waals surface area contributed by atoms with E-state index in [-0.39, 0.29) is 30.3 Å². The van der Waals surface area contributed by atoms with Gasteiger partial charge in [-0.15, -0.1) is 0 Å². The van der Waals surface area contributed by atoms with Crippen molar-refractivity contribution in [1.82, 2.24) is 14.9 Å². The van der Waals surface area contributed by atoms with Crippen molar-refractivity contribution in [3.05, 3.63) is 107 Å². The first kappa shape index (κ1) is 31.3. The topological polar surface area (TPSA) is 133 Å². The van der Waals surface area contributed by atoms with Gasteiger partial charge in [-0.25, -0.2) is 9.78 Å².